The van der Waals surface area contributed by atoms with Gasteiger partial charge in [0.05, 0.1) is 31.1 Å². The molecule has 0 bridgehead atoms. The maximum absolute atomic E-state index is 14.5. The lowest BCUT2D eigenvalue weighted by Gasteiger charge is -2.55. The summed E-state index contributed by atoms with van der Waals surface area (Å²) in [6.45, 7) is 11.9. The highest BCUT2D eigenvalue weighted by Crippen LogP contribution is 2.46. The Bertz CT molecular complexity index is 1400. The van der Waals surface area contributed by atoms with Gasteiger partial charge in [0.15, 0.2) is 0 Å². The second-order valence-electron chi connectivity index (χ2n) is 12.9. The Kier molecular flexibility index (Phi) is 7.86. The first kappa shape index (κ1) is 29.6. The second-order valence-corrected chi connectivity index (χ2v) is 12.9. The zero-order chi connectivity index (χ0) is 30.6. The molecule has 0 radical (unpaired) electrons. The number of fused-ring (bicyclic) bond motifs is 5. The Morgan fingerprint density at radius 3 is 2.68 bits per heavy atom. The SMILES string of the molecule is C=CC(=O)N1CCN(C2CN3c4cc(N5CCC6(CC5)OCC(COC)n5ncc(C)c56)nc(C(F)F)c4CCCC23)CC1. The summed E-state index contributed by atoms with van der Waals surface area (Å²) in [4.78, 5) is 25.5. The molecule has 1 amide bonds. The average Bonchev–Trinajstić information content (AvgIpc) is 3.37. The van der Waals surface area contributed by atoms with Crippen LogP contribution in [0.15, 0.2) is 24.9 Å². The van der Waals surface area contributed by atoms with Crippen molar-refractivity contribution in [2.24, 2.45) is 0 Å². The lowest BCUT2D eigenvalue weighted by Crippen LogP contribution is -2.69. The van der Waals surface area contributed by atoms with Gasteiger partial charge in [-0.3, -0.25) is 14.4 Å². The fourth-order valence-corrected chi connectivity index (χ4v) is 8.30. The first-order valence-corrected chi connectivity index (χ1v) is 16.0. The molecule has 7 heterocycles. The lowest BCUT2D eigenvalue weighted by molar-refractivity contribution is -0.128. The zero-order valence-corrected chi connectivity index (χ0v) is 25.8. The summed E-state index contributed by atoms with van der Waals surface area (Å²) in [5.74, 6) is 0.616. The van der Waals surface area contributed by atoms with Crippen LogP contribution in [0.25, 0.3) is 0 Å². The molecule has 3 atom stereocenters. The predicted octanol–water partition coefficient (Wildman–Crippen LogP) is 3.46. The summed E-state index contributed by atoms with van der Waals surface area (Å²) >= 11 is 0. The first-order valence-electron chi connectivity index (χ1n) is 16.0. The van der Waals surface area contributed by atoms with E-state index in [2.05, 4.69) is 49.0 Å². The van der Waals surface area contributed by atoms with Gasteiger partial charge in [0.1, 0.15) is 17.1 Å². The highest BCUT2D eigenvalue weighted by Gasteiger charge is 2.48. The topological polar surface area (TPSA) is 79.2 Å². The molecule has 10 nitrogen and oxygen atoms in total. The van der Waals surface area contributed by atoms with Crippen LogP contribution in [0.5, 0.6) is 0 Å². The van der Waals surface area contributed by atoms with Gasteiger partial charge in [-0.25, -0.2) is 13.8 Å². The maximum atomic E-state index is 14.5. The monoisotopic (exact) mass is 611 g/mol. The number of pyridine rings is 1. The summed E-state index contributed by atoms with van der Waals surface area (Å²) < 4.78 is 43.2. The van der Waals surface area contributed by atoms with E-state index in [-0.39, 0.29) is 23.7 Å². The van der Waals surface area contributed by atoms with E-state index in [4.69, 9.17) is 9.47 Å². The maximum Gasteiger partial charge on any atom is 0.280 e. The number of halogens is 2. The number of aromatic nitrogens is 3. The summed E-state index contributed by atoms with van der Waals surface area (Å²) in [7, 11) is 1.69. The van der Waals surface area contributed by atoms with Crippen molar-refractivity contribution in [1.29, 1.82) is 0 Å². The third kappa shape index (κ3) is 4.89. The van der Waals surface area contributed by atoms with Crippen LogP contribution in [-0.4, -0.2) is 109 Å². The minimum atomic E-state index is -2.62. The Morgan fingerprint density at radius 1 is 1.20 bits per heavy atom. The van der Waals surface area contributed by atoms with Crippen molar-refractivity contribution in [3.8, 4) is 0 Å². The first-order chi connectivity index (χ1) is 21.3. The number of methoxy groups -OCH3 is 1. The molecule has 2 aromatic rings. The van der Waals surface area contributed by atoms with Gasteiger partial charge in [-0.15, -0.1) is 0 Å². The van der Waals surface area contributed by atoms with Crippen LogP contribution in [0.1, 0.15) is 60.7 Å². The van der Waals surface area contributed by atoms with E-state index in [1.165, 1.54) is 6.08 Å². The molecule has 1 spiro atoms. The van der Waals surface area contributed by atoms with Crippen LogP contribution in [0.2, 0.25) is 0 Å². The van der Waals surface area contributed by atoms with Gasteiger partial charge < -0.3 is 24.2 Å². The zero-order valence-electron chi connectivity index (χ0n) is 25.8. The molecule has 12 heteroatoms. The van der Waals surface area contributed by atoms with E-state index in [9.17, 15) is 13.6 Å². The summed E-state index contributed by atoms with van der Waals surface area (Å²) in [6, 6.07) is 2.75. The number of rotatable bonds is 6. The van der Waals surface area contributed by atoms with Gasteiger partial charge >= 0.3 is 0 Å². The molecule has 0 saturated carbocycles. The lowest BCUT2D eigenvalue weighted by atomic mass is 9.84. The number of anilines is 2. The van der Waals surface area contributed by atoms with Crippen molar-refractivity contribution in [2.75, 3.05) is 75.9 Å². The van der Waals surface area contributed by atoms with Crippen molar-refractivity contribution >= 4 is 17.4 Å². The highest BCUT2D eigenvalue weighted by molar-refractivity contribution is 5.87. The van der Waals surface area contributed by atoms with E-state index in [1.807, 2.05) is 11.1 Å². The minimum absolute atomic E-state index is 0.0161. The number of carbonyl (C=O) groups is 1. The number of hydrogen-bond donors (Lipinski definition) is 0. The molecular formula is C32H43F2N7O3. The fourth-order valence-electron chi connectivity index (χ4n) is 8.30. The Balaban J connectivity index is 1.10. The molecule has 5 aliphatic heterocycles. The molecule has 3 unspecified atom stereocenters. The van der Waals surface area contributed by atoms with Crippen molar-refractivity contribution in [3.05, 3.63) is 47.4 Å². The van der Waals surface area contributed by atoms with Gasteiger partial charge in [0.25, 0.3) is 6.43 Å². The molecule has 3 saturated heterocycles. The summed E-state index contributed by atoms with van der Waals surface area (Å²) in [6.07, 6.45) is 4.57. The van der Waals surface area contributed by atoms with Crippen LogP contribution in [-0.2, 0) is 26.3 Å². The number of alkyl halides is 2. The van der Waals surface area contributed by atoms with E-state index >= 15 is 0 Å². The molecule has 44 heavy (non-hydrogen) atoms. The summed E-state index contributed by atoms with van der Waals surface area (Å²) in [5, 5.41) is 4.67. The van der Waals surface area contributed by atoms with Crippen molar-refractivity contribution in [1.82, 2.24) is 24.6 Å². The second kappa shape index (κ2) is 11.7. The molecule has 2 aromatic heterocycles. The highest BCUT2D eigenvalue weighted by atomic mass is 19.3. The van der Waals surface area contributed by atoms with Crippen LogP contribution in [0.4, 0.5) is 20.3 Å². The Labute approximate surface area is 257 Å². The molecule has 0 aromatic carbocycles. The van der Waals surface area contributed by atoms with Crippen molar-refractivity contribution < 1.29 is 23.0 Å². The normalized spacial score (nSPS) is 26.6. The van der Waals surface area contributed by atoms with Crippen LogP contribution >= 0.6 is 0 Å². The number of nitrogens with zero attached hydrogens (tertiary/aromatic N) is 7. The molecule has 0 N–H and O–H groups in total. The van der Waals surface area contributed by atoms with E-state index < -0.39 is 12.0 Å². The van der Waals surface area contributed by atoms with Crippen LogP contribution in [0.3, 0.4) is 0 Å². The molecule has 7 rings (SSSR count). The number of aryl methyl sites for hydroxylation is 1. The standard InChI is InChI=1S/C32H43F2N7O3/c1-4-28(42)39-14-12-37(13-15-39)26-18-40-24(26)7-5-6-23-25(40)16-27(36-29(23)31(33)34)38-10-8-32(9-11-38)30-21(2)17-35-41(30)22(19-43-3)20-44-32/h4,16-17,22,24,26,31H,1,5-15,18-20H2,2-3H3. The Hall–Kier alpha value is -3.09. The summed E-state index contributed by atoms with van der Waals surface area (Å²) in [5.41, 5.74) is 3.33. The quantitative estimate of drug-likeness (QED) is 0.460. The van der Waals surface area contributed by atoms with E-state index in [0.717, 1.165) is 62.3 Å². The fraction of sp³-hybridized carbons (Fsp3) is 0.656. The molecule has 3 fully saturated rings. The number of piperazine rings is 1. The molecule has 5 aliphatic rings. The largest absolute Gasteiger partial charge is 0.382 e. The van der Waals surface area contributed by atoms with E-state index in [1.54, 1.807) is 7.11 Å². The van der Waals surface area contributed by atoms with Crippen molar-refractivity contribution in [3.63, 3.8) is 0 Å². The number of piperidine rings is 1. The smallest absolute Gasteiger partial charge is 0.280 e. The molecule has 0 aliphatic carbocycles. The number of ether oxygens (including phenoxy) is 2. The van der Waals surface area contributed by atoms with Crippen LogP contribution < -0.4 is 9.80 Å². The Morgan fingerprint density at radius 2 is 1.98 bits per heavy atom. The van der Waals surface area contributed by atoms with Gasteiger partial charge in [0, 0.05) is 82.3 Å². The average molecular weight is 612 g/mol. The third-order valence-electron chi connectivity index (χ3n) is 10.6. The van der Waals surface area contributed by atoms with E-state index in [0.29, 0.717) is 63.2 Å². The van der Waals surface area contributed by atoms with Gasteiger partial charge in [-0.1, -0.05) is 6.58 Å². The number of hydrogen-bond acceptors (Lipinski definition) is 8. The van der Waals surface area contributed by atoms with Gasteiger partial charge in [-0.2, -0.15) is 5.10 Å². The minimum Gasteiger partial charge on any atom is -0.382 e. The molecular weight excluding hydrogens is 568 g/mol. The van der Waals surface area contributed by atoms with Gasteiger partial charge in [-0.05, 0) is 50.7 Å². The van der Waals surface area contributed by atoms with Crippen LogP contribution in [0, 0.1) is 6.92 Å². The van der Waals surface area contributed by atoms with Gasteiger partial charge in [0.2, 0.25) is 5.91 Å². The van der Waals surface area contributed by atoms with Crippen molar-refractivity contribution in [2.45, 2.75) is 69.2 Å². The third-order valence-corrected chi connectivity index (χ3v) is 10.6. The number of carbonyl (C=O) groups excluding carboxylic acids is 1. The molecule has 238 valence electrons. The number of amides is 1. The predicted molar refractivity (Wildman–Crippen MR) is 162 cm³/mol.